The lowest BCUT2D eigenvalue weighted by molar-refractivity contribution is -0.134. The number of nitrogens with two attached hydrogens (primary N) is 1. The summed E-state index contributed by atoms with van der Waals surface area (Å²) in [4.78, 5) is 28.4. The molecular formula is C23H30FN3O4. The summed E-state index contributed by atoms with van der Waals surface area (Å²) in [5.41, 5.74) is 6.71. The average Bonchev–Trinajstić information content (AvgIpc) is 2.77. The van der Waals surface area contributed by atoms with Crippen molar-refractivity contribution in [3.8, 4) is 5.75 Å². The highest BCUT2D eigenvalue weighted by molar-refractivity contribution is 5.97. The number of aliphatic carboxylic acids is 1. The minimum absolute atomic E-state index is 0.136. The number of nitrogens with zero attached hydrogens (tertiary/aromatic N) is 2. The van der Waals surface area contributed by atoms with Crippen molar-refractivity contribution in [2.75, 3.05) is 13.2 Å². The van der Waals surface area contributed by atoms with Crippen molar-refractivity contribution in [1.29, 1.82) is 0 Å². The second-order valence-electron chi connectivity index (χ2n) is 7.38. The molecule has 1 saturated carbocycles. The zero-order valence-corrected chi connectivity index (χ0v) is 17.8. The van der Waals surface area contributed by atoms with Gasteiger partial charge in [-0.1, -0.05) is 25.3 Å². The summed E-state index contributed by atoms with van der Waals surface area (Å²) in [5.74, 6) is -1.13. The van der Waals surface area contributed by atoms with Crippen LogP contribution in [-0.4, -0.2) is 46.1 Å². The van der Waals surface area contributed by atoms with Crippen LogP contribution in [-0.2, 0) is 11.3 Å². The number of aromatic nitrogens is 1. The second kappa shape index (κ2) is 12.6. The van der Waals surface area contributed by atoms with Gasteiger partial charge in [0.1, 0.15) is 18.2 Å². The molecule has 1 aromatic carbocycles. The van der Waals surface area contributed by atoms with E-state index in [-0.39, 0.29) is 24.1 Å². The van der Waals surface area contributed by atoms with Crippen molar-refractivity contribution in [2.45, 2.75) is 51.6 Å². The predicted molar refractivity (Wildman–Crippen MR) is 115 cm³/mol. The molecule has 2 aromatic rings. The number of amides is 1. The Labute approximate surface area is 182 Å². The molecule has 1 aliphatic carbocycles. The zero-order valence-electron chi connectivity index (χ0n) is 17.8. The first-order valence-electron chi connectivity index (χ1n) is 10.4. The number of halogens is 1. The monoisotopic (exact) mass is 431 g/mol. The van der Waals surface area contributed by atoms with Crippen molar-refractivity contribution in [2.24, 2.45) is 5.73 Å². The van der Waals surface area contributed by atoms with Crippen molar-refractivity contribution in [3.63, 3.8) is 0 Å². The fourth-order valence-electron chi connectivity index (χ4n) is 3.57. The third-order valence-corrected chi connectivity index (χ3v) is 4.90. The molecule has 8 heteroatoms. The maximum atomic E-state index is 13.9. The number of benzene rings is 1. The van der Waals surface area contributed by atoms with Gasteiger partial charge in [-0.25, -0.2) is 4.39 Å². The fraction of sp³-hybridized carbons (Fsp3) is 0.435. The van der Waals surface area contributed by atoms with Crippen LogP contribution in [0.15, 0.2) is 42.7 Å². The second-order valence-corrected chi connectivity index (χ2v) is 7.38. The Hall–Kier alpha value is -3.00. The van der Waals surface area contributed by atoms with Crippen molar-refractivity contribution < 1.29 is 23.8 Å². The van der Waals surface area contributed by atoms with Gasteiger partial charge >= 0.3 is 0 Å². The molecule has 0 radical (unpaired) electrons. The van der Waals surface area contributed by atoms with E-state index < -0.39 is 11.8 Å². The van der Waals surface area contributed by atoms with Crippen LogP contribution in [0, 0.1) is 5.82 Å². The molecule has 0 atom stereocenters. The first-order valence-corrected chi connectivity index (χ1v) is 10.4. The first-order chi connectivity index (χ1) is 14.9. The zero-order chi connectivity index (χ0) is 22.6. The van der Waals surface area contributed by atoms with Gasteiger partial charge in [0, 0.05) is 38.4 Å². The summed E-state index contributed by atoms with van der Waals surface area (Å²) in [6.07, 6.45) is 8.78. The normalized spacial score (nSPS) is 13.6. The van der Waals surface area contributed by atoms with Gasteiger partial charge in [-0.15, -0.1) is 0 Å². The van der Waals surface area contributed by atoms with Crippen molar-refractivity contribution >= 4 is 11.9 Å². The van der Waals surface area contributed by atoms with Crippen LogP contribution >= 0.6 is 0 Å². The third kappa shape index (κ3) is 7.97. The van der Waals surface area contributed by atoms with E-state index in [1.165, 1.54) is 24.6 Å². The summed E-state index contributed by atoms with van der Waals surface area (Å²) in [6, 6.07) is 8.00. The molecule has 0 unspecified atom stereocenters. The van der Waals surface area contributed by atoms with E-state index in [2.05, 4.69) is 4.98 Å². The Morgan fingerprint density at radius 1 is 1.26 bits per heavy atom. The van der Waals surface area contributed by atoms with Gasteiger partial charge < -0.3 is 20.5 Å². The Morgan fingerprint density at radius 2 is 1.97 bits per heavy atom. The lowest BCUT2D eigenvalue weighted by Gasteiger charge is -2.35. The minimum atomic E-state index is -0.833. The third-order valence-electron chi connectivity index (χ3n) is 4.90. The van der Waals surface area contributed by atoms with Gasteiger partial charge in [-0.2, -0.15) is 0 Å². The van der Waals surface area contributed by atoms with Crippen LogP contribution < -0.4 is 10.5 Å². The lowest BCUT2D eigenvalue weighted by atomic mass is 9.93. The maximum absolute atomic E-state index is 13.9. The van der Waals surface area contributed by atoms with Crippen molar-refractivity contribution in [3.05, 3.63) is 59.7 Å². The van der Waals surface area contributed by atoms with Crippen molar-refractivity contribution in [1.82, 2.24) is 9.88 Å². The molecule has 31 heavy (non-hydrogen) atoms. The summed E-state index contributed by atoms with van der Waals surface area (Å²) in [6.45, 7) is 2.13. The number of hydrogen-bond acceptors (Lipinski definition) is 5. The summed E-state index contributed by atoms with van der Waals surface area (Å²) >= 11 is 0. The standard InChI is InChI=1S/C21H26FN3O2.C2H4O2/c22-17-8-9-20(27-12-10-23)19(13-17)21(26)25(18-6-2-1-3-7-18)15-16-5-4-11-24-14-16;1-2(3)4/h4-5,8-9,11,13-14,18H,1-3,6-7,10,12,15,23H2;1H3,(H,3,4). The van der Waals surface area contributed by atoms with Crippen LogP contribution in [0.5, 0.6) is 5.75 Å². The van der Waals surface area contributed by atoms with E-state index in [1.54, 1.807) is 12.4 Å². The first kappa shape index (κ1) is 24.3. The highest BCUT2D eigenvalue weighted by Gasteiger charge is 2.28. The molecule has 1 aliphatic rings. The number of carboxylic acid groups (broad SMARTS) is 1. The molecule has 3 N–H and O–H groups in total. The van der Waals surface area contributed by atoms with Gasteiger partial charge in [0.25, 0.3) is 11.9 Å². The van der Waals surface area contributed by atoms with E-state index in [9.17, 15) is 9.18 Å². The number of carboxylic acids is 1. The van der Waals surface area contributed by atoms with E-state index in [0.717, 1.165) is 38.2 Å². The van der Waals surface area contributed by atoms with Gasteiger partial charge in [0.15, 0.2) is 0 Å². The van der Waals surface area contributed by atoms with Crippen LogP contribution in [0.4, 0.5) is 4.39 Å². The number of hydrogen-bond donors (Lipinski definition) is 2. The Balaban J connectivity index is 0.000000785. The summed E-state index contributed by atoms with van der Waals surface area (Å²) in [7, 11) is 0. The number of pyridine rings is 1. The van der Waals surface area contributed by atoms with E-state index >= 15 is 0 Å². The van der Waals surface area contributed by atoms with Gasteiger partial charge in [0.2, 0.25) is 0 Å². The highest BCUT2D eigenvalue weighted by atomic mass is 19.1. The highest BCUT2D eigenvalue weighted by Crippen LogP contribution is 2.28. The SMILES string of the molecule is CC(=O)O.NCCOc1ccc(F)cc1C(=O)N(Cc1cccnc1)C1CCCCC1. The minimum Gasteiger partial charge on any atom is -0.491 e. The number of carbonyl (C=O) groups is 2. The Morgan fingerprint density at radius 3 is 2.58 bits per heavy atom. The molecule has 1 fully saturated rings. The number of ether oxygens (including phenoxy) is 1. The number of rotatable bonds is 7. The maximum Gasteiger partial charge on any atom is 0.300 e. The predicted octanol–water partition coefficient (Wildman–Crippen LogP) is 3.62. The van der Waals surface area contributed by atoms with Crippen LogP contribution in [0.1, 0.15) is 54.9 Å². The fourth-order valence-corrected chi connectivity index (χ4v) is 3.57. The summed E-state index contributed by atoms with van der Waals surface area (Å²) in [5, 5.41) is 7.42. The Bertz CT molecular complexity index is 838. The molecular weight excluding hydrogens is 401 g/mol. The van der Waals surface area contributed by atoms with Crippen LogP contribution in [0.25, 0.3) is 0 Å². The quantitative estimate of drug-likeness (QED) is 0.694. The van der Waals surface area contributed by atoms with E-state index in [1.807, 2.05) is 17.0 Å². The van der Waals surface area contributed by atoms with E-state index in [4.69, 9.17) is 20.4 Å². The van der Waals surface area contributed by atoms with Crippen LogP contribution in [0.3, 0.4) is 0 Å². The molecule has 0 spiro atoms. The molecule has 1 amide bonds. The molecule has 0 bridgehead atoms. The van der Waals surface area contributed by atoms with Gasteiger partial charge in [-0.3, -0.25) is 14.6 Å². The molecule has 0 aliphatic heterocycles. The molecule has 168 valence electrons. The van der Waals surface area contributed by atoms with E-state index in [0.29, 0.717) is 18.8 Å². The molecule has 0 saturated heterocycles. The topological polar surface area (TPSA) is 106 Å². The largest absolute Gasteiger partial charge is 0.491 e. The Kier molecular flexibility index (Phi) is 9.90. The molecule has 1 aromatic heterocycles. The molecule has 7 nitrogen and oxygen atoms in total. The lowest BCUT2D eigenvalue weighted by Crippen LogP contribution is -2.41. The molecule has 3 rings (SSSR count). The van der Waals surface area contributed by atoms with Crippen LogP contribution in [0.2, 0.25) is 0 Å². The average molecular weight is 432 g/mol. The van der Waals surface area contributed by atoms with Gasteiger partial charge in [0.05, 0.1) is 5.56 Å². The summed E-state index contributed by atoms with van der Waals surface area (Å²) < 4.78 is 19.5. The smallest absolute Gasteiger partial charge is 0.300 e. The number of carbonyl (C=O) groups excluding carboxylic acids is 1. The molecule has 1 heterocycles. The van der Waals surface area contributed by atoms with Gasteiger partial charge in [-0.05, 0) is 42.7 Å².